The summed E-state index contributed by atoms with van der Waals surface area (Å²) >= 11 is 0. The van der Waals surface area contributed by atoms with E-state index in [4.69, 9.17) is 49.4 Å². The van der Waals surface area contributed by atoms with Gasteiger partial charge in [-0.1, -0.05) is 34.6 Å². The van der Waals surface area contributed by atoms with Gasteiger partial charge in [-0.05, 0) is 70.6 Å². The van der Waals surface area contributed by atoms with Gasteiger partial charge >= 0.3 is 0 Å². The molecule has 19 heteroatoms. The molecule has 15 N–H and O–H groups in total. The van der Waals surface area contributed by atoms with Gasteiger partial charge in [0.25, 0.3) is 0 Å². The van der Waals surface area contributed by atoms with E-state index in [9.17, 15) is 38.7 Å². The Morgan fingerprint density at radius 1 is 0.731 bits per heavy atom. The molecule has 0 aromatic heterocycles. The Hall–Kier alpha value is -5.72. The highest BCUT2D eigenvalue weighted by Crippen LogP contribution is 2.62. The zero-order valence-corrected chi connectivity index (χ0v) is 40.6. The monoisotopic (exact) mass is 932 g/mol. The number of nitrogens with zero attached hydrogens (tertiary/aromatic N) is 3. The summed E-state index contributed by atoms with van der Waals surface area (Å²) in [4.78, 5) is 108. The van der Waals surface area contributed by atoms with Crippen LogP contribution >= 0.6 is 0 Å². The van der Waals surface area contributed by atoms with Crippen molar-refractivity contribution in [2.45, 2.75) is 151 Å². The molecule has 368 valence electrons. The van der Waals surface area contributed by atoms with Gasteiger partial charge in [-0.2, -0.15) is 0 Å². The third-order valence-corrected chi connectivity index (χ3v) is 16.1. The van der Waals surface area contributed by atoms with E-state index in [1.165, 1.54) is 0 Å². The minimum absolute atomic E-state index is 0.0237. The van der Waals surface area contributed by atoms with Crippen LogP contribution in [0, 0.1) is 45.3 Å². The van der Waals surface area contributed by atoms with Crippen LogP contribution in [0.2, 0.25) is 0 Å². The van der Waals surface area contributed by atoms with Crippen LogP contribution in [0.25, 0.3) is 0 Å². The van der Waals surface area contributed by atoms with Gasteiger partial charge in [0.2, 0.25) is 41.4 Å². The number of aliphatic hydroxyl groups is 1. The first-order valence-corrected chi connectivity index (χ1v) is 23.3. The van der Waals surface area contributed by atoms with Gasteiger partial charge in [0.1, 0.15) is 0 Å². The third-order valence-electron chi connectivity index (χ3n) is 16.1. The number of amides is 7. The largest absolute Gasteiger partial charge is 0.392 e. The van der Waals surface area contributed by atoms with Crippen LogP contribution in [0.4, 0.5) is 0 Å². The number of aliphatic hydroxyl groups excluding tert-OH is 1. The molecule has 0 aliphatic carbocycles. The topological polar surface area (TPSA) is 357 Å². The van der Waals surface area contributed by atoms with Crippen molar-refractivity contribution in [1.29, 1.82) is 0 Å². The molecule has 0 spiro atoms. The predicted octanol–water partition coefficient (Wildman–Crippen LogP) is 1.74. The van der Waals surface area contributed by atoms with Crippen molar-refractivity contribution in [3.05, 3.63) is 34.3 Å². The molecular formula is C48H73N11O8. The van der Waals surface area contributed by atoms with Crippen LogP contribution < -0.4 is 45.0 Å². The molecule has 0 aromatic carbocycles. The standard InChI is InChI=1S/C48H73N11O8/c1-23(60)22-55-38(67)16-17-45(6)29(18-35(52)64)43-48(9)47(8,21-37(54)66)28(12-15-34(51)63)40(59-48)25(3)42-46(7,20-36(53)65)26(10-13-32(49)61)30(56-42)19-31-44(4,5)27(11-14-33(50)62)39(57-31)24(2)41(45)58-43/h19,23,26-29,43,56,60H,10-18,20-22H2,1-9H3,(H2,49,61)(H2,50,62)(H2,51,63)(H2,52,64)(H2,53,65)(H2,54,66)(H,55,67)/b30-19-,39-24-,42-25-/t23-,26-,27-,28-,29+,43-,45-,46+,47+,48+/m1/s1. The van der Waals surface area contributed by atoms with Crippen LogP contribution in [-0.4, -0.2) is 87.8 Å². The Bertz CT molecular complexity index is 2310. The van der Waals surface area contributed by atoms with E-state index < -0.39 is 98.5 Å². The lowest BCUT2D eigenvalue weighted by Crippen LogP contribution is -2.56. The van der Waals surface area contributed by atoms with E-state index in [1.807, 2.05) is 61.5 Å². The number of rotatable bonds is 20. The lowest BCUT2D eigenvalue weighted by molar-refractivity contribution is -0.124. The second-order valence-corrected chi connectivity index (χ2v) is 21.2. The quantitative estimate of drug-likeness (QED) is 0.0857. The molecule has 0 aromatic rings. The first-order valence-electron chi connectivity index (χ1n) is 23.3. The molecule has 1 fully saturated rings. The van der Waals surface area contributed by atoms with Crippen LogP contribution in [-0.2, 0) is 33.6 Å². The van der Waals surface area contributed by atoms with Gasteiger partial charge in [-0.25, -0.2) is 0 Å². The maximum absolute atomic E-state index is 13.5. The van der Waals surface area contributed by atoms with Crippen molar-refractivity contribution in [1.82, 2.24) is 10.6 Å². The number of fused-ring (bicyclic) bond motifs is 6. The van der Waals surface area contributed by atoms with Crippen molar-refractivity contribution >= 4 is 58.5 Å². The number of nitrogens with two attached hydrogens (primary N) is 6. The summed E-state index contributed by atoms with van der Waals surface area (Å²) in [5.41, 5.74) is 34.9. The third kappa shape index (κ3) is 9.84. The highest BCUT2D eigenvalue weighted by molar-refractivity contribution is 6.10. The van der Waals surface area contributed by atoms with Crippen LogP contribution in [0.1, 0.15) is 133 Å². The molecule has 0 saturated carbocycles. The fourth-order valence-electron chi connectivity index (χ4n) is 12.3. The highest BCUT2D eigenvalue weighted by atomic mass is 16.3. The Morgan fingerprint density at radius 2 is 1.28 bits per heavy atom. The van der Waals surface area contributed by atoms with Crippen LogP contribution in [0.15, 0.2) is 49.3 Å². The number of carbonyl (C=O) groups excluding carboxylic acids is 7. The molecule has 0 unspecified atom stereocenters. The molecule has 10 atom stereocenters. The fourth-order valence-corrected chi connectivity index (χ4v) is 12.3. The SMILES string of the molecule is C/C1=C2N=C(/C=C3\N/C(=C(/C)C4=N[C@@](C)([C@@H]5N=C1[C@](C)(CCC(=O)NC[C@@H](C)O)[C@H]5CC(N)=O)[C@@](C)(CC(N)=O)[C@@H]4CCC(N)=O)[C@@](C)(CC(N)=O)[C@@H]3CCC(N)=O)C(C)(C)[C@@H]/2CCC(N)=O. The normalized spacial score (nSPS) is 35.2. The highest BCUT2D eigenvalue weighted by Gasteiger charge is 2.66. The minimum atomic E-state index is -1.39. The number of nitrogens with one attached hydrogen (secondary N) is 2. The average Bonchev–Trinajstić information content (AvgIpc) is 3.80. The molecule has 5 aliphatic rings. The summed E-state index contributed by atoms with van der Waals surface area (Å²) in [6, 6.07) is -0.913. The number of allylic oxidation sites excluding steroid dienone is 6. The number of primary amides is 6. The number of aliphatic imine (C=N–C) groups is 3. The molecule has 8 bridgehead atoms. The first-order chi connectivity index (χ1) is 30.9. The lowest BCUT2D eigenvalue weighted by atomic mass is 9.55. The number of hydrogen-bond acceptors (Lipinski definition) is 12. The van der Waals surface area contributed by atoms with Gasteiger partial charge in [0.05, 0.1) is 17.7 Å². The Labute approximate surface area is 393 Å². The summed E-state index contributed by atoms with van der Waals surface area (Å²) in [5.74, 6) is -6.25. The molecule has 1 saturated heterocycles. The molecule has 5 heterocycles. The Balaban J connectivity index is 2.00. The van der Waals surface area contributed by atoms with Crippen molar-refractivity contribution < 1.29 is 38.7 Å². The van der Waals surface area contributed by atoms with Crippen LogP contribution in [0.5, 0.6) is 0 Å². The summed E-state index contributed by atoms with van der Waals surface area (Å²) < 4.78 is 0. The van der Waals surface area contributed by atoms with E-state index in [0.29, 0.717) is 51.8 Å². The van der Waals surface area contributed by atoms with Gasteiger partial charge in [-0.15, -0.1) is 0 Å². The Morgan fingerprint density at radius 3 is 1.81 bits per heavy atom. The lowest BCUT2D eigenvalue weighted by Gasteiger charge is -2.48. The molecule has 0 radical (unpaired) electrons. The second-order valence-electron chi connectivity index (χ2n) is 21.2. The fraction of sp³-hybridized carbons (Fsp3) is 0.667. The van der Waals surface area contributed by atoms with Crippen molar-refractivity contribution in [2.24, 2.45) is 94.7 Å². The minimum Gasteiger partial charge on any atom is -0.392 e. The summed E-state index contributed by atoms with van der Waals surface area (Å²) in [6.07, 6.45) is 1.23. The van der Waals surface area contributed by atoms with E-state index in [2.05, 4.69) is 10.6 Å². The molecule has 5 aliphatic heterocycles. The zero-order valence-electron chi connectivity index (χ0n) is 40.6. The molecule has 67 heavy (non-hydrogen) atoms. The van der Waals surface area contributed by atoms with Crippen molar-refractivity contribution in [3.8, 4) is 0 Å². The molecule has 7 amide bonds. The Kier molecular flexibility index (Phi) is 14.9. The van der Waals surface area contributed by atoms with Gasteiger partial charge in [0, 0.05) is 131 Å². The first kappa shape index (κ1) is 52.3. The summed E-state index contributed by atoms with van der Waals surface area (Å²) in [7, 11) is 0. The van der Waals surface area contributed by atoms with Crippen molar-refractivity contribution in [2.75, 3.05) is 6.54 Å². The van der Waals surface area contributed by atoms with Gasteiger partial charge < -0.3 is 50.1 Å². The van der Waals surface area contributed by atoms with Crippen molar-refractivity contribution in [3.63, 3.8) is 0 Å². The molecule has 19 nitrogen and oxygen atoms in total. The summed E-state index contributed by atoms with van der Waals surface area (Å²) in [5, 5.41) is 16.4. The number of carbonyl (C=O) groups is 7. The smallest absolute Gasteiger partial charge is 0.220 e. The predicted molar refractivity (Wildman–Crippen MR) is 254 cm³/mol. The molecular weight excluding hydrogens is 859 g/mol. The van der Waals surface area contributed by atoms with Crippen LogP contribution in [0.3, 0.4) is 0 Å². The zero-order chi connectivity index (χ0) is 50.4. The van der Waals surface area contributed by atoms with E-state index >= 15 is 0 Å². The maximum atomic E-state index is 13.5. The van der Waals surface area contributed by atoms with Gasteiger partial charge in [0.15, 0.2) is 0 Å². The number of hydrogen-bond donors (Lipinski definition) is 9. The maximum Gasteiger partial charge on any atom is 0.220 e. The molecule has 5 rings (SSSR count). The summed E-state index contributed by atoms with van der Waals surface area (Å²) in [6.45, 7) is 16.9. The second kappa shape index (κ2) is 19.1. The van der Waals surface area contributed by atoms with E-state index in [-0.39, 0.29) is 76.7 Å². The van der Waals surface area contributed by atoms with Gasteiger partial charge in [-0.3, -0.25) is 48.5 Å². The van der Waals surface area contributed by atoms with E-state index in [1.54, 1.807) is 6.92 Å². The van der Waals surface area contributed by atoms with E-state index in [0.717, 1.165) is 0 Å². The average molecular weight is 932 g/mol.